The van der Waals surface area contributed by atoms with Crippen molar-refractivity contribution in [3.63, 3.8) is 0 Å². The van der Waals surface area contributed by atoms with Crippen molar-refractivity contribution >= 4 is 44.9 Å². The average Bonchev–Trinajstić information content (AvgIpc) is 3.01. The Morgan fingerprint density at radius 1 is 0.972 bits per heavy atom. The number of hydrogen-bond acceptors (Lipinski definition) is 5. The molecule has 4 aromatic rings. The molecule has 2 aliphatic heterocycles. The SMILES string of the molecule is COc1cc2c(c3ccccc13)C(C)(C)C1(C=Nc3c(cc(C(C)=O)c4cc(C)c(C)cc34)O1)N2C. The van der Waals surface area contributed by atoms with Crippen molar-refractivity contribution in [1.82, 2.24) is 0 Å². The van der Waals surface area contributed by atoms with Crippen LogP contribution in [0.15, 0.2) is 53.5 Å². The molecule has 1 atom stereocenters. The molecule has 0 fully saturated rings. The highest BCUT2D eigenvalue weighted by atomic mass is 16.5. The summed E-state index contributed by atoms with van der Waals surface area (Å²) in [5.74, 6) is 1.46. The van der Waals surface area contributed by atoms with E-state index < -0.39 is 11.1 Å². The van der Waals surface area contributed by atoms with Crippen molar-refractivity contribution in [1.29, 1.82) is 0 Å². The number of carbonyl (C=O) groups excluding carboxylic acids is 1. The Bertz CT molecular complexity index is 1650. The Labute approximate surface area is 211 Å². The third-order valence-corrected chi connectivity index (χ3v) is 8.29. The summed E-state index contributed by atoms with van der Waals surface area (Å²) in [6.07, 6.45) is 1.94. The number of hydrogen-bond donors (Lipinski definition) is 0. The van der Waals surface area contributed by atoms with Crippen molar-refractivity contribution < 1.29 is 14.3 Å². The average molecular weight is 479 g/mol. The van der Waals surface area contributed by atoms with E-state index in [9.17, 15) is 4.79 Å². The quantitative estimate of drug-likeness (QED) is 0.290. The van der Waals surface area contributed by atoms with E-state index in [0.717, 1.165) is 49.8 Å². The van der Waals surface area contributed by atoms with E-state index in [4.69, 9.17) is 14.5 Å². The van der Waals surface area contributed by atoms with Gasteiger partial charge in [0.1, 0.15) is 17.2 Å². The Balaban J connectivity index is 1.62. The van der Waals surface area contributed by atoms with E-state index in [-0.39, 0.29) is 5.78 Å². The number of ether oxygens (including phenoxy) is 2. The van der Waals surface area contributed by atoms with Crippen LogP contribution in [0.1, 0.15) is 47.8 Å². The van der Waals surface area contributed by atoms with Crippen molar-refractivity contribution in [2.75, 3.05) is 19.1 Å². The zero-order valence-corrected chi connectivity index (χ0v) is 21.8. The third kappa shape index (κ3) is 2.71. The summed E-state index contributed by atoms with van der Waals surface area (Å²) in [5, 5.41) is 4.06. The molecule has 1 spiro atoms. The van der Waals surface area contributed by atoms with Gasteiger partial charge in [-0.15, -0.1) is 0 Å². The van der Waals surface area contributed by atoms with Crippen molar-refractivity contribution in [2.45, 2.75) is 45.8 Å². The molecule has 0 bridgehead atoms. The van der Waals surface area contributed by atoms with Gasteiger partial charge in [-0.1, -0.05) is 30.3 Å². The number of ketones is 1. The smallest absolute Gasteiger partial charge is 0.228 e. The number of likely N-dealkylation sites (N-methyl/N-ethyl adjacent to an activating group) is 1. The number of carbonyl (C=O) groups is 1. The van der Waals surface area contributed by atoms with Crippen molar-refractivity contribution in [3.05, 3.63) is 70.8 Å². The standard InChI is InChI=1S/C31H30N2O3/c1-17-12-23-22(19(3)34)14-27-29(24(23)13-18(17)2)32-16-31(36-27)30(4,5)28-21-11-9-8-10-20(21)26(35-7)15-25(28)33(31)6/h8-16H,1-7H3. The first-order valence-corrected chi connectivity index (χ1v) is 12.3. The van der Waals surface area contributed by atoms with E-state index >= 15 is 0 Å². The maximum Gasteiger partial charge on any atom is 0.228 e. The molecule has 182 valence electrons. The number of fused-ring (bicyclic) bond motifs is 6. The van der Waals surface area contributed by atoms with Crippen molar-refractivity contribution in [2.24, 2.45) is 4.99 Å². The predicted octanol–water partition coefficient (Wildman–Crippen LogP) is 7.04. The zero-order chi connectivity index (χ0) is 25.6. The summed E-state index contributed by atoms with van der Waals surface area (Å²) in [5.41, 5.74) is 4.63. The highest BCUT2D eigenvalue weighted by Crippen LogP contribution is 2.57. The van der Waals surface area contributed by atoms with Crippen molar-refractivity contribution in [3.8, 4) is 11.5 Å². The second kappa shape index (κ2) is 7.33. The molecule has 36 heavy (non-hydrogen) atoms. The van der Waals surface area contributed by atoms with Crippen LogP contribution in [0.4, 0.5) is 11.4 Å². The molecule has 0 radical (unpaired) electrons. The van der Waals surface area contributed by atoms with Gasteiger partial charge in [0.2, 0.25) is 5.72 Å². The van der Waals surface area contributed by atoms with Crippen LogP contribution in [-0.4, -0.2) is 31.9 Å². The molecule has 5 heteroatoms. The zero-order valence-electron chi connectivity index (χ0n) is 21.8. The lowest BCUT2D eigenvalue weighted by Gasteiger charge is -2.45. The number of anilines is 1. The molecule has 0 aromatic heterocycles. The van der Waals surface area contributed by atoms with Gasteiger partial charge in [0.15, 0.2) is 5.78 Å². The van der Waals surface area contributed by atoms with Crippen LogP contribution in [0, 0.1) is 13.8 Å². The monoisotopic (exact) mass is 478 g/mol. The number of nitrogens with zero attached hydrogens (tertiary/aromatic N) is 2. The molecule has 1 unspecified atom stereocenters. The van der Waals surface area contributed by atoms with Gasteiger partial charge in [-0.05, 0) is 74.2 Å². The number of Topliss-reactive ketones (excluding diaryl/α,β-unsaturated/α-hetero) is 1. The molecule has 0 saturated heterocycles. The van der Waals surface area contributed by atoms with Crippen LogP contribution >= 0.6 is 0 Å². The molecule has 2 aliphatic rings. The minimum Gasteiger partial charge on any atom is -0.496 e. The highest BCUT2D eigenvalue weighted by Gasteiger charge is 2.59. The number of aliphatic imine (C=N–C) groups is 1. The molecule has 2 heterocycles. The van der Waals surface area contributed by atoms with E-state index in [1.807, 2.05) is 25.4 Å². The minimum absolute atomic E-state index is 0.0105. The molecular weight excluding hydrogens is 448 g/mol. The fourth-order valence-corrected chi connectivity index (χ4v) is 6.13. The number of benzene rings is 4. The highest BCUT2D eigenvalue weighted by molar-refractivity contribution is 6.13. The topological polar surface area (TPSA) is 51.1 Å². The summed E-state index contributed by atoms with van der Waals surface area (Å²) in [7, 11) is 3.75. The summed E-state index contributed by atoms with van der Waals surface area (Å²) >= 11 is 0. The van der Waals surface area contributed by atoms with E-state index in [1.165, 1.54) is 5.56 Å². The largest absolute Gasteiger partial charge is 0.496 e. The van der Waals surface area contributed by atoms with Crippen LogP contribution in [0.5, 0.6) is 11.5 Å². The van der Waals surface area contributed by atoms with Crippen LogP contribution in [0.25, 0.3) is 21.5 Å². The fraction of sp³-hybridized carbons (Fsp3) is 0.290. The van der Waals surface area contributed by atoms with E-state index in [0.29, 0.717) is 11.3 Å². The molecule has 0 N–H and O–H groups in total. The van der Waals surface area contributed by atoms with Gasteiger partial charge in [0.05, 0.1) is 18.7 Å². The fourth-order valence-electron chi connectivity index (χ4n) is 6.13. The minimum atomic E-state index is -0.876. The first kappa shape index (κ1) is 22.6. The molecule has 0 saturated carbocycles. The van der Waals surface area contributed by atoms with Gasteiger partial charge in [-0.3, -0.25) is 9.79 Å². The van der Waals surface area contributed by atoms with E-state index in [2.05, 4.69) is 69.0 Å². The Morgan fingerprint density at radius 3 is 2.31 bits per heavy atom. The van der Waals surface area contributed by atoms with Crippen LogP contribution in [0.3, 0.4) is 0 Å². The Kier molecular flexibility index (Phi) is 4.60. The summed E-state index contributed by atoms with van der Waals surface area (Å²) in [4.78, 5) is 19.9. The van der Waals surface area contributed by atoms with E-state index in [1.54, 1.807) is 14.0 Å². The normalized spacial score (nSPS) is 19.5. The molecule has 4 aromatic carbocycles. The summed E-state index contributed by atoms with van der Waals surface area (Å²) < 4.78 is 12.7. The molecule has 0 aliphatic carbocycles. The van der Waals surface area contributed by atoms with Crippen LogP contribution < -0.4 is 14.4 Å². The Hall–Kier alpha value is -3.86. The lowest BCUT2D eigenvalue weighted by Crippen LogP contribution is -2.61. The first-order chi connectivity index (χ1) is 17.1. The second-order valence-corrected chi connectivity index (χ2v) is 10.6. The van der Waals surface area contributed by atoms with Gasteiger partial charge in [-0.25, -0.2) is 0 Å². The number of methoxy groups -OCH3 is 1. The van der Waals surface area contributed by atoms with Gasteiger partial charge in [-0.2, -0.15) is 0 Å². The second-order valence-electron chi connectivity index (χ2n) is 10.6. The third-order valence-electron chi connectivity index (χ3n) is 8.29. The lowest BCUT2D eigenvalue weighted by atomic mass is 9.75. The van der Waals surface area contributed by atoms with Gasteiger partial charge in [0, 0.05) is 35.1 Å². The van der Waals surface area contributed by atoms with Gasteiger partial charge >= 0.3 is 0 Å². The molecule has 0 amide bonds. The number of aryl methyl sites for hydroxylation is 2. The first-order valence-electron chi connectivity index (χ1n) is 12.3. The van der Waals surface area contributed by atoms with Gasteiger partial charge < -0.3 is 14.4 Å². The summed E-state index contributed by atoms with van der Waals surface area (Å²) in [6, 6.07) is 16.5. The molecular formula is C31H30N2O3. The van der Waals surface area contributed by atoms with Gasteiger partial charge in [0.25, 0.3) is 0 Å². The predicted molar refractivity (Wildman–Crippen MR) is 147 cm³/mol. The Morgan fingerprint density at radius 2 is 1.64 bits per heavy atom. The molecule has 6 rings (SSSR count). The maximum absolute atomic E-state index is 12.7. The summed E-state index contributed by atoms with van der Waals surface area (Å²) in [6.45, 7) is 10.2. The number of rotatable bonds is 2. The lowest BCUT2D eigenvalue weighted by molar-refractivity contribution is 0.0828. The van der Waals surface area contributed by atoms with Crippen LogP contribution in [0.2, 0.25) is 0 Å². The molecule has 5 nitrogen and oxygen atoms in total. The maximum atomic E-state index is 12.7. The van der Waals surface area contributed by atoms with Crippen LogP contribution in [-0.2, 0) is 5.41 Å².